The summed E-state index contributed by atoms with van der Waals surface area (Å²) in [5.74, 6) is 0.468. The number of halogens is 1. The number of aromatic nitrogens is 2. The third-order valence-corrected chi connectivity index (χ3v) is 2.28. The van der Waals surface area contributed by atoms with Crippen molar-refractivity contribution in [3.05, 3.63) is 24.0 Å². The maximum absolute atomic E-state index is 5.75. The first-order valence-electron chi connectivity index (χ1n) is 3.52. The number of fused-ring (bicyclic) bond motifs is 1. The van der Waals surface area contributed by atoms with Crippen LogP contribution in [0.2, 0.25) is 0 Å². The van der Waals surface area contributed by atoms with Crippen molar-refractivity contribution in [3.63, 3.8) is 0 Å². The van der Waals surface area contributed by atoms with E-state index < -0.39 is 0 Å². The van der Waals surface area contributed by atoms with Crippen molar-refractivity contribution in [2.75, 3.05) is 0 Å². The fourth-order valence-corrected chi connectivity index (χ4v) is 1.70. The summed E-state index contributed by atoms with van der Waals surface area (Å²) < 4.78 is 0. The highest BCUT2D eigenvalue weighted by atomic mass is 35.5. The van der Waals surface area contributed by atoms with Crippen LogP contribution in [-0.2, 0) is 5.88 Å². The molecule has 12 heavy (non-hydrogen) atoms. The number of imidazole rings is 1. The summed E-state index contributed by atoms with van der Waals surface area (Å²) in [6.45, 7) is 0. The quantitative estimate of drug-likeness (QED) is 0.535. The van der Waals surface area contributed by atoms with Gasteiger partial charge in [0.15, 0.2) is 0 Å². The van der Waals surface area contributed by atoms with Crippen LogP contribution in [0.15, 0.2) is 23.4 Å². The van der Waals surface area contributed by atoms with E-state index in [-0.39, 0.29) is 0 Å². The Balaban J connectivity index is 2.80. The molecule has 0 aliphatic rings. The Morgan fingerprint density at radius 3 is 3.08 bits per heavy atom. The van der Waals surface area contributed by atoms with E-state index in [1.165, 1.54) is 0 Å². The SMILES string of the molecule is Sc1cc(CCl)c2nc[nH]c2c1. The van der Waals surface area contributed by atoms with Gasteiger partial charge in [-0.05, 0) is 17.7 Å². The van der Waals surface area contributed by atoms with Crippen molar-refractivity contribution >= 4 is 35.3 Å². The van der Waals surface area contributed by atoms with Crippen molar-refractivity contribution in [3.8, 4) is 0 Å². The standard InChI is InChI=1S/C8H7ClN2S/c9-3-5-1-6(12)2-7-8(5)11-4-10-7/h1-2,4,12H,3H2,(H,10,11). The van der Waals surface area contributed by atoms with Gasteiger partial charge >= 0.3 is 0 Å². The molecule has 1 aromatic heterocycles. The van der Waals surface area contributed by atoms with Crippen LogP contribution < -0.4 is 0 Å². The van der Waals surface area contributed by atoms with E-state index in [4.69, 9.17) is 11.6 Å². The van der Waals surface area contributed by atoms with Crippen LogP contribution in [0.1, 0.15) is 5.56 Å². The predicted octanol–water partition coefficient (Wildman–Crippen LogP) is 2.59. The van der Waals surface area contributed by atoms with Gasteiger partial charge in [-0.1, -0.05) is 0 Å². The van der Waals surface area contributed by atoms with Gasteiger partial charge in [0.25, 0.3) is 0 Å². The zero-order chi connectivity index (χ0) is 8.55. The molecule has 62 valence electrons. The Morgan fingerprint density at radius 2 is 2.33 bits per heavy atom. The van der Waals surface area contributed by atoms with Gasteiger partial charge < -0.3 is 4.98 Å². The predicted molar refractivity (Wildman–Crippen MR) is 52.9 cm³/mol. The molecule has 2 nitrogen and oxygen atoms in total. The van der Waals surface area contributed by atoms with E-state index in [1.807, 2.05) is 12.1 Å². The van der Waals surface area contributed by atoms with E-state index in [0.29, 0.717) is 5.88 Å². The van der Waals surface area contributed by atoms with Crippen molar-refractivity contribution in [2.45, 2.75) is 10.8 Å². The number of rotatable bonds is 1. The fourth-order valence-electron chi connectivity index (χ4n) is 1.21. The lowest BCUT2D eigenvalue weighted by Gasteiger charge is -1.98. The van der Waals surface area contributed by atoms with Crippen LogP contribution in [0.25, 0.3) is 11.0 Å². The molecule has 0 bridgehead atoms. The molecule has 0 atom stereocenters. The first kappa shape index (κ1) is 7.95. The lowest BCUT2D eigenvalue weighted by atomic mass is 10.2. The molecule has 0 amide bonds. The second-order valence-electron chi connectivity index (χ2n) is 2.54. The number of nitrogens with zero attached hydrogens (tertiary/aromatic N) is 1. The summed E-state index contributed by atoms with van der Waals surface area (Å²) in [6, 6.07) is 3.86. The third-order valence-electron chi connectivity index (χ3n) is 1.73. The first-order chi connectivity index (χ1) is 5.81. The Bertz CT molecular complexity index is 410. The number of alkyl halides is 1. The van der Waals surface area contributed by atoms with Crippen LogP contribution in [0, 0.1) is 0 Å². The normalized spacial score (nSPS) is 10.8. The number of benzene rings is 1. The average Bonchev–Trinajstić information content (AvgIpc) is 2.50. The Labute approximate surface area is 80.4 Å². The molecular weight excluding hydrogens is 192 g/mol. The largest absolute Gasteiger partial charge is 0.345 e. The monoisotopic (exact) mass is 198 g/mol. The maximum atomic E-state index is 5.75. The van der Waals surface area contributed by atoms with Crippen molar-refractivity contribution < 1.29 is 0 Å². The Morgan fingerprint density at radius 1 is 1.50 bits per heavy atom. The molecule has 2 rings (SSSR count). The summed E-state index contributed by atoms with van der Waals surface area (Å²) in [4.78, 5) is 8.08. The minimum atomic E-state index is 0.468. The van der Waals surface area contributed by atoms with Gasteiger partial charge in [-0.2, -0.15) is 0 Å². The highest BCUT2D eigenvalue weighted by Crippen LogP contribution is 2.21. The van der Waals surface area contributed by atoms with Gasteiger partial charge in [0.05, 0.1) is 17.4 Å². The molecule has 4 heteroatoms. The summed E-state index contributed by atoms with van der Waals surface area (Å²) >= 11 is 10.00. The van der Waals surface area contributed by atoms with Gasteiger partial charge in [0.1, 0.15) is 0 Å². The van der Waals surface area contributed by atoms with Gasteiger partial charge in [-0.15, -0.1) is 24.2 Å². The Kier molecular flexibility index (Phi) is 1.98. The molecule has 0 aliphatic heterocycles. The number of hydrogen-bond donors (Lipinski definition) is 2. The molecule has 0 fully saturated rings. The van der Waals surface area contributed by atoms with Crippen molar-refractivity contribution in [1.82, 2.24) is 9.97 Å². The second kappa shape index (κ2) is 2.99. The number of H-pyrrole nitrogens is 1. The molecule has 0 aliphatic carbocycles. The maximum Gasteiger partial charge on any atom is 0.0932 e. The fraction of sp³-hybridized carbons (Fsp3) is 0.125. The molecule has 1 aromatic carbocycles. The molecular formula is C8H7ClN2S. The zero-order valence-corrected chi connectivity index (χ0v) is 7.86. The van der Waals surface area contributed by atoms with Crippen molar-refractivity contribution in [2.24, 2.45) is 0 Å². The summed E-state index contributed by atoms with van der Waals surface area (Å²) in [5, 5.41) is 0. The molecule has 0 saturated heterocycles. The molecule has 0 spiro atoms. The second-order valence-corrected chi connectivity index (χ2v) is 3.32. The number of thiol groups is 1. The summed E-state index contributed by atoms with van der Waals surface area (Å²) in [7, 11) is 0. The van der Waals surface area contributed by atoms with E-state index >= 15 is 0 Å². The van der Waals surface area contributed by atoms with E-state index in [9.17, 15) is 0 Å². The van der Waals surface area contributed by atoms with E-state index in [1.54, 1.807) is 6.33 Å². The minimum Gasteiger partial charge on any atom is -0.345 e. The molecule has 0 saturated carbocycles. The summed E-state index contributed by atoms with van der Waals surface area (Å²) in [5.41, 5.74) is 2.93. The highest BCUT2D eigenvalue weighted by Gasteiger charge is 2.03. The lowest BCUT2D eigenvalue weighted by molar-refractivity contribution is 1.32. The van der Waals surface area contributed by atoms with Gasteiger partial charge in [-0.25, -0.2) is 4.98 Å². The van der Waals surface area contributed by atoms with Crippen LogP contribution in [-0.4, -0.2) is 9.97 Å². The smallest absolute Gasteiger partial charge is 0.0932 e. The number of hydrogen-bond acceptors (Lipinski definition) is 2. The number of nitrogens with one attached hydrogen (secondary N) is 1. The molecule has 0 radical (unpaired) electrons. The third kappa shape index (κ3) is 1.19. The summed E-state index contributed by atoms with van der Waals surface area (Å²) in [6.07, 6.45) is 1.66. The topological polar surface area (TPSA) is 28.7 Å². The van der Waals surface area contributed by atoms with Crippen LogP contribution >= 0.6 is 24.2 Å². The number of aromatic amines is 1. The molecule has 1 heterocycles. The lowest BCUT2D eigenvalue weighted by Crippen LogP contribution is -1.81. The molecule has 1 N–H and O–H groups in total. The van der Waals surface area contributed by atoms with E-state index in [0.717, 1.165) is 21.5 Å². The molecule has 2 aromatic rings. The first-order valence-corrected chi connectivity index (χ1v) is 4.50. The minimum absolute atomic E-state index is 0.468. The van der Waals surface area contributed by atoms with Crippen LogP contribution in [0.5, 0.6) is 0 Å². The van der Waals surface area contributed by atoms with Crippen molar-refractivity contribution in [1.29, 1.82) is 0 Å². The van der Waals surface area contributed by atoms with Gasteiger partial charge in [0.2, 0.25) is 0 Å². The van der Waals surface area contributed by atoms with Crippen LogP contribution in [0.3, 0.4) is 0 Å². The van der Waals surface area contributed by atoms with Gasteiger partial charge in [-0.3, -0.25) is 0 Å². The zero-order valence-electron chi connectivity index (χ0n) is 6.21. The van der Waals surface area contributed by atoms with Crippen LogP contribution in [0.4, 0.5) is 0 Å². The molecule has 0 unspecified atom stereocenters. The van der Waals surface area contributed by atoms with Gasteiger partial charge in [0, 0.05) is 10.8 Å². The highest BCUT2D eigenvalue weighted by molar-refractivity contribution is 7.80. The van der Waals surface area contributed by atoms with E-state index in [2.05, 4.69) is 22.6 Å². The average molecular weight is 199 g/mol. The Hall–Kier alpha value is -0.670.